The van der Waals surface area contributed by atoms with E-state index in [1.807, 2.05) is 24.3 Å². The number of aromatic carboxylic acids is 1. The Morgan fingerprint density at radius 3 is 2.76 bits per heavy atom. The zero-order valence-electron chi connectivity index (χ0n) is 8.68. The minimum Gasteiger partial charge on any atom is -0.477 e. The number of benzene rings is 1. The van der Waals surface area contributed by atoms with Crippen molar-refractivity contribution in [2.24, 2.45) is 0 Å². The van der Waals surface area contributed by atoms with E-state index >= 15 is 0 Å². The van der Waals surface area contributed by atoms with Gasteiger partial charge in [0, 0.05) is 10.7 Å². The molecule has 2 rings (SSSR count). The third-order valence-electron chi connectivity index (χ3n) is 2.37. The van der Waals surface area contributed by atoms with Crippen LogP contribution >= 0.6 is 15.9 Å². The highest BCUT2D eigenvalue weighted by Crippen LogP contribution is 2.16. The van der Waals surface area contributed by atoms with Crippen molar-refractivity contribution in [2.75, 3.05) is 0 Å². The van der Waals surface area contributed by atoms with Gasteiger partial charge in [0.25, 0.3) is 0 Å². The van der Waals surface area contributed by atoms with Gasteiger partial charge in [-0.25, -0.2) is 9.59 Å². The maximum atomic E-state index is 11.5. The minimum absolute atomic E-state index is 0.0502. The highest BCUT2D eigenvalue weighted by molar-refractivity contribution is 9.10. The molecular weight excluding hydrogens is 288 g/mol. The molecule has 17 heavy (non-hydrogen) atoms. The summed E-state index contributed by atoms with van der Waals surface area (Å²) >= 11 is 3.36. The van der Waals surface area contributed by atoms with Gasteiger partial charge in [-0.05, 0) is 11.6 Å². The smallest absolute Gasteiger partial charge is 0.354 e. The highest BCUT2D eigenvalue weighted by Gasteiger charge is 2.13. The fraction of sp³-hybridized carbons (Fsp3) is 0.0909. The first-order valence-corrected chi connectivity index (χ1v) is 5.64. The Bertz CT molecular complexity index is 615. The molecule has 0 saturated heterocycles. The molecule has 0 spiro atoms. The molecule has 5 nitrogen and oxygen atoms in total. The molecule has 1 heterocycles. The summed E-state index contributed by atoms with van der Waals surface area (Å²) in [6.45, 7) is 0.214. The lowest BCUT2D eigenvalue weighted by Crippen LogP contribution is -2.21. The van der Waals surface area contributed by atoms with Gasteiger partial charge in [-0.2, -0.15) is 0 Å². The fourth-order valence-electron chi connectivity index (χ4n) is 1.53. The lowest BCUT2D eigenvalue weighted by Gasteiger charge is -2.06. The molecule has 0 aliphatic carbocycles. The molecule has 2 aromatic rings. The van der Waals surface area contributed by atoms with Gasteiger partial charge in [0.05, 0.1) is 6.54 Å². The SMILES string of the molecule is O=C(O)c1c[nH]c(=O)n1Cc1ccccc1Br. The zero-order chi connectivity index (χ0) is 12.4. The van der Waals surface area contributed by atoms with Crippen LogP contribution in [0.4, 0.5) is 0 Å². The van der Waals surface area contributed by atoms with Crippen LogP contribution in [0.5, 0.6) is 0 Å². The van der Waals surface area contributed by atoms with Crippen molar-refractivity contribution in [3.8, 4) is 0 Å². The van der Waals surface area contributed by atoms with E-state index < -0.39 is 11.7 Å². The number of carbonyl (C=O) groups is 1. The van der Waals surface area contributed by atoms with Crippen LogP contribution in [-0.4, -0.2) is 20.6 Å². The molecule has 0 amide bonds. The molecule has 0 unspecified atom stereocenters. The number of nitrogens with zero attached hydrogens (tertiary/aromatic N) is 1. The number of hydrogen-bond acceptors (Lipinski definition) is 2. The lowest BCUT2D eigenvalue weighted by molar-refractivity contribution is 0.0685. The van der Waals surface area contributed by atoms with Gasteiger partial charge in [0.2, 0.25) is 0 Å². The Morgan fingerprint density at radius 2 is 2.12 bits per heavy atom. The van der Waals surface area contributed by atoms with Crippen LogP contribution in [-0.2, 0) is 6.54 Å². The molecule has 0 saturated carbocycles. The van der Waals surface area contributed by atoms with Gasteiger partial charge >= 0.3 is 11.7 Å². The average Bonchev–Trinajstić information content (AvgIpc) is 2.64. The van der Waals surface area contributed by atoms with E-state index in [9.17, 15) is 9.59 Å². The summed E-state index contributed by atoms with van der Waals surface area (Å²) in [7, 11) is 0. The quantitative estimate of drug-likeness (QED) is 0.905. The molecule has 0 fully saturated rings. The predicted molar refractivity (Wildman–Crippen MR) is 65.3 cm³/mol. The van der Waals surface area contributed by atoms with E-state index in [0.29, 0.717) is 0 Å². The van der Waals surface area contributed by atoms with Crippen molar-refractivity contribution in [2.45, 2.75) is 6.54 Å². The molecule has 1 aromatic carbocycles. The van der Waals surface area contributed by atoms with E-state index in [4.69, 9.17) is 5.11 Å². The van der Waals surface area contributed by atoms with E-state index in [1.165, 1.54) is 10.8 Å². The molecule has 88 valence electrons. The standard InChI is InChI=1S/C11H9BrN2O3/c12-8-4-2-1-3-7(8)6-14-9(10(15)16)5-13-11(14)17/h1-5H,6H2,(H,13,17)(H,15,16). The van der Waals surface area contributed by atoms with Crippen molar-refractivity contribution < 1.29 is 9.90 Å². The number of imidazole rings is 1. The Labute approximate surface area is 105 Å². The molecule has 0 bridgehead atoms. The van der Waals surface area contributed by atoms with E-state index in [-0.39, 0.29) is 12.2 Å². The highest BCUT2D eigenvalue weighted by atomic mass is 79.9. The van der Waals surface area contributed by atoms with Crippen LogP contribution < -0.4 is 5.69 Å². The number of aromatic nitrogens is 2. The van der Waals surface area contributed by atoms with Crippen molar-refractivity contribution in [1.82, 2.24) is 9.55 Å². The van der Waals surface area contributed by atoms with Crippen LogP contribution in [0, 0.1) is 0 Å². The van der Waals surface area contributed by atoms with E-state index in [1.54, 1.807) is 0 Å². The summed E-state index contributed by atoms with van der Waals surface area (Å²) in [5, 5.41) is 8.93. The summed E-state index contributed by atoms with van der Waals surface area (Å²) in [4.78, 5) is 24.8. The minimum atomic E-state index is -1.13. The third-order valence-corrected chi connectivity index (χ3v) is 3.15. The molecule has 0 radical (unpaired) electrons. The number of carboxylic acid groups (broad SMARTS) is 1. The van der Waals surface area contributed by atoms with Crippen LogP contribution in [0.15, 0.2) is 39.7 Å². The van der Waals surface area contributed by atoms with Crippen molar-refractivity contribution in [3.63, 3.8) is 0 Å². The Morgan fingerprint density at radius 1 is 1.41 bits per heavy atom. The molecule has 0 aliphatic rings. The second kappa shape index (κ2) is 4.58. The topological polar surface area (TPSA) is 75.1 Å². The number of rotatable bonds is 3. The van der Waals surface area contributed by atoms with Crippen molar-refractivity contribution in [1.29, 1.82) is 0 Å². The lowest BCUT2D eigenvalue weighted by atomic mass is 10.2. The summed E-state index contributed by atoms with van der Waals surface area (Å²) in [5.74, 6) is -1.13. The van der Waals surface area contributed by atoms with Crippen molar-refractivity contribution in [3.05, 3.63) is 56.7 Å². The van der Waals surface area contributed by atoms with Gasteiger partial charge in [0.15, 0.2) is 0 Å². The molecule has 6 heteroatoms. The Balaban J connectivity index is 2.43. The first kappa shape index (κ1) is 11.7. The number of halogens is 1. The summed E-state index contributed by atoms with van der Waals surface area (Å²) in [5.41, 5.74) is 0.362. The second-order valence-electron chi connectivity index (χ2n) is 3.46. The zero-order valence-corrected chi connectivity index (χ0v) is 10.3. The molecule has 0 atom stereocenters. The number of aromatic amines is 1. The number of H-pyrrole nitrogens is 1. The normalized spacial score (nSPS) is 10.4. The van der Waals surface area contributed by atoms with Crippen molar-refractivity contribution >= 4 is 21.9 Å². The summed E-state index contributed by atoms with van der Waals surface area (Å²) in [6.07, 6.45) is 1.20. The molecular formula is C11H9BrN2O3. The molecule has 0 aliphatic heterocycles. The fourth-order valence-corrected chi connectivity index (χ4v) is 1.94. The van der Waals surface area contributed by atoms with Crippen LogP contribution in [0.2, 0.25) is 0 Å². The Hall–Kier alpha value is -1.82. The second-order valence-corrected chi connectivity index (χ2v) is 4.32. The maximum Gasteiger partial charge on any atom is 0.354 e. The van der Waals surface area contributed by atoms with Crippen LogP contribution in [0.3, 0.4) is 0 Å². The number of hydrogen-bond donors (Lipinski definition) is 2. The van der Waals surface area contributed by atoms with Gasteiger partial charge in [-0.1, -0.05) is 34.1 Å². The van der Waals surface area contributed by atoms with Gasteiger partial charge in [0.1, 0.15) is 5.69 Å². The van der Waals surface area contributed by atoms with E-state index in [0.717, 1.165) is 10.0 Å². The van der Waals surface area contributed by atoms with Crippen LogP contribution in [0.1, 0.15) is 16.1 Å². The number of nitrogens with one attached hydrogen (secondary N) is 1. The van der Waals surface area contributed by atoms with Gasteiger partial charge < -0.3 is 10.1 Å². The Kier molecular flexibility index (Phi) is 3.14. The van der Waals surface area contributed by atoms with Gasteiger partial charge in [-0.15, -0.1) is 0 Å². The monoisotopic (exact) mass is 296 g/mol. The van der Waals surface area contributed by atoms with E-state index in [2.05, 4.69) is 20.9 Å². The average molecular weight is 297 g/mol. The first-order valence-electron chi connectivity index (χ1n) is 4.84. The van der Waals surface area contributed by atoms with Crippen LogP contribution in [0.25, 0.3) is 0 Å². The largest absolute Gasteiger partial charge is 0.477 e. The maximum absolute atomic E-state index is 11.5. The molecule has 1 aromatic heterocycles. The van der Waals surface area contributed by atoms with Gasteiger partial charge in [-0.3, -0.25) is 4.57 Å². The summed E-state index contributed by atoms with van der Waals surface area (Å²) < 4.78 is 2.02. The predicted octanol–water partition coefficient (Wildman–Crippen LogP) is 1.69. The summed E-state index contributed by atoms with van der Waals surface area (Å²) in [6, 6.07) is 7.35. The molecule has 2 N–H and O–H groups in total. The first-order chi connectivity index (χ1) is 8.09. The number of carboxylic acids is 1. The third kappa shape index (κ3) is 2.31.